The fraction of sp³-hybridized carbons (Fsp3) is 0.133. The van der Waals surface area contributed by atoms with Crippen LogP contribution in [-0.2, 0) is 0 Å². The highest BCUT2D eigenvalue weighted by Gasteiger charge is 2.11. The molecule has 0 saturated heterocycles. The van der Waals surface area contributed by atoms with Crippen molar-refractivity contribution in [3.8, 4) is 11.5 Å². The number of ether oxygens (including phenoxy) is 1. The Labute approximate surface area is 136 Å². The maximum Gasteiger partial charge on any atom is 0.173 e. The quantitative estimate of drug-likeness (QED) is 0.359. The summed E-state index contributed by atoms with van der Waals surface area (Å²) < 4.78 is 6.89. The van der Waals surface area contributed by atoms with E-state index in [4.69, 9.17) is 27.3 Å². The molecule has 0 aliphatic heterocycles. The average molecular weight is 370 g/mol. The van der Waals surface area contributed by atoms with Crippen molar-refractivity contribution in [3.63, 3.8) is 0 Å². The van der Waals surface area contributed by atoms with Crippen LogP contribution in [0, 0.1) is 13.8 Å². The highest BCUT2D eigenvalue weighted by Crippen LogP contribution is 2.32. The Balaban J connectivity index is 2.46. The van der Waals surface area contributed by atoms with Crippen LogP contribution >= 0.6 is 27.5 Å². The van der Waals surface area contributed by atoms with Crippen LogP contribution in [0.15, 0.2) is 40.0 Å². The van der Waals surface area contributed by atoms with E-state index in [1.807, 2.05) is 26.0 Å². The predicted octanol–water partition coefficient (Wildman–Crippen LogP) is 4.61. The van der Waals surface area contributed by atoms with Crippen molar-refractivity contribution in [2.45, 2.75) is 13.8 Å². The minimum absolute atomic E-state index is 0.0350. The van der Waals surface area contributed by atoms with Gasteiger partial charge in [0.15, 0.2) is 5.84 Å². The molecule has 0 amide bonds. The molecular weight excluding hydrogens is 356 g/mol. The molecule has 110 valence electrons. The van der Waals surface area contributed by atoms with Gasteiger partial charge < -0.3 is 15.7 Å². The third kappa shape index (κ3) is 3.49. The normalized spacial score (nSPS) is 11.5. The lowest BCUT2D eigenvalue weighted by molar-refractivity contribution is 0.318. The van der Waals surface area contributed by atoms with Crippen LogP contribution < -0.4 is 10.5 Å². The Morgan fingerprint density at radius 1 is 1.24 bits per heavy atom. The number of rotatable bonds is 3. The Hall–Kier alpha value is -1.72. The summed E-state index contributed by atoms with van der Waals surface area (Å²) >= 11 is 9.50. The monoisotopic (exact) mass is 368 g/mol. The van der Waals surface area contributed by atoms with Crippen LogP contribution in [0.1, 0.15) is 16.7 Å². The van der Waals surface area contributed by atoms with E-state index in [2.05, 4.69) is 21.1 Å². The van der Waals surface area contributed by atoms with Crippen LogP contribution in [0.5, 0.6) is 11.5 Å². The van der Waals surface area contributed by atoms with E-state index in [0.717, 1.165) is 15.6 Å². The van der Waals surface area contributed by atoms with Crippen molar-refractivity contribution in [2.24, 2.45) is 10.9 Å². The topological polar surface area (TPSA) is 67.8 Å². The van der Waals surface area contributed by atoms with Gasteiger partial charge in [-0.3, -0.25) is 0 Å². The van der Waals surface area contributed by atoms with Crippen LogP contribution in [0.2, 0.25) is 5.02 Å². The van der Waals surface area contributed by atoms with Crippen LogP contribution in [0.25, 0.3) is 0 Å². The maximum absolute atomic E-state index is 8.84. The zero-order valence-corrected chi connectivity index (χ0v) is 13.9. The molecule has 0 unspecified atom stereocenters. The number of nitrogens with zero attached hydrogens (tertiary/aromatic N) is 1. The van der Waals surface area contributed by atoms with Crippen LogP contribution in [0.3, 0.4) is 0 Å². The second kappa shape index (κ2) is 6.37. The zero-order chi connectivity index (χ0) is 15.6. The van der Waals surface area contributed by atoms with E-state index in [1.54, 1.807) is 18.2 Å². The van der Waals surface area contributed by atoms with Gasteiger partial charge in [0.2, 0.25) is 0 Å². The van der Waals surface area contributed by atoms with Gasteiger partial charge in [-0.05, 0) is 49.2 Å². The average Bonchev–Trinajstić information content (AvgIpc) is 2.44. The van der Waals surface area contributed by atoms with Crippen molar-refractivity contribution in [1.29, 1.82) is 0 Å². The first-order valence-corrected chi connectivity index (χ1v) is 7.31. The van der Waals surface area contributed by atoms with Gasteiger partial charge in [-0.2, -0.15) is 0 Å². The number of aryl methyl sites for hydroxylation is 2. The first kappa shape index (κ1) is 15.7. The SMILES string of the molecule is Cc1cc(Oc2cc(Cl)ccc2/C(N)=N/O)cc(C)c1Br. The number of nitrogens with two attached hydrogens (primary N) is 1. The van der Waals surface area contributed by atoms with Crippen molar-refractivity contribution in [3.05, 3.63) is 56.5 Å². The van der Waals surface area contributed by atoms with Gasteiger partial charge in [0, 0.05) is 15.6 Å². The van der Waals surface area contributed by atoms with E-state index < -0.39 is 0 Å². The molecule has 0 bridgehead atoms. The molecule has 0 atom stereocenters. The minimum Gasteiger partial charge on any atom is -0.457 e. The zero-order valence-electron chi connectivity index (χ0n) is 11.5. The molecule has 21 heavy (non-hydrogen) atoms. The van der Waals surface area contributed by atoms with E-state index in [-0.39, 0.29) is 5.84 Å². The summed E-state index contributed by atoms with van der Waals surface area (Å²) in [6, 6.07) is 8.72. The number of halogens is 2. The van der Waals surface area contributed by atoms with Gasteiger partial charge in [0.05, 0.1) is 5.56 Å². The lowest BCUT2D eigenvalue weighted by Crippen LogP contribution is -2.14. The minimum atomic E-state index is -0.0350. The smallest absolute Gasteiger partial charge is 0.173 e. The third-order valence-corrected chi connectivity index (χ3v) is 4.45. The molecule has 0 spiro atoms. The number of oxime groups is 1. The third-order valence-electron chi connectivity index (χ3n) is 2.97. The summed E-state index contributed by atoms with van der Waals surface area (Å²) in [5.41, 5.74) is 8.23. The van der Waals surface area contributed by atoms with Crippen LogP contribution in [0.4, 0.5) is 0 Å². The molecular formula is C15H14BrClN2O2. The summed E-state index contributed by atoms with van der Waals surface area (Å²) in [4.78, 5) is 0. The van der Waals surface area contributed by atoms with E-state index in [1.165, 1.54) is 0 Å². The first-order valence-electron chi connectivity index (χ1n) is 6.14. The maximum atomic E-state index is 8.84. The first-order chi connectivity index (χ1) is 9.92. The highest BCUT2D eigenvalue weighted by molar-refractivity contribution is 9.10. The Kier molecular flexibility index (Phi) is 4.75. The van der Waals surface area contributed by atoms with Gasteiger partial charge in [-0.25, -0.2) is 0 Å². The Morgan fingerprint density at radius 2 is 1.86 bits per heavy atom. The molecule has 2 aromatic rings. The summed E-state index contributed by atoms with van der Waals surface area (Å²) in [6.07, 6.45) is 0. The van der Waals surface area contributed by atoms with Gasteiger partial charge in [-0.15, -0.1) is 0 Å². The number of hydrogen-bond donors (Lipinski definition) is 2. The molecule has 0 aliphatic rings. The van der Waals surface area contributed by atoms with Crippen LogP contribution in [-0.4, -0.2) is 11.0 Å². The van der Waals surface area contributed by atoms with E-state index in [9.17, 15) is 0 Å². The number of amidine groups is 1. The molecule has 2 rings (SSSR count). The number of hydrogen-bond acceptors (Lipinski definition) is 3. The fourth-order valence-corrected chi connectivity index (χ4v) is 2.33. The lowest BCUT2D eigenvalue weighted by atomic mass is 10.1. The molecule has 2 aromatic carbocycles. The van der Waals surface area contributed by atoms with Gasteiger partial charge in [-0.1, -0.05) is 32.7 Å². The second-order valence-corrected chi connectivity index (χ2v) is 5.83. The molecule has 3 N–H and O–H groups in total. The van der Waals surface area contributed by atoms with E-state index in [0.29, 0.717) is 22.1 Å². The molecule has 0 radical (unpaired) electrons. The number of benzene rings is 2. The molecule has 0 aromatic heterocycles. The predicted molar refractivity (Wildman–Crippen MR) is 87.7 cm³/mol. The largest absolute Gasteiger partial charge is 0.457 e. The Morgan fingerprint density at radius 3 is 2.43 bits per heavy atom. The molecule has 0 saturated carbocycles. The lowest BCUT2D eigenvalue weighted by Gasteiger charge is -2.13. The van der Waals surface area contributed by atoms with Crippen molar-refractivity contribution >= 4 is 33.4 Å². The standard InChI is InChI=1S/C15H14BrClN2O2/c1-8-5-11(6-9(2)14(8)16)21-13-7-10(17)3-4-12(13)15(18)19-20/h3-7,20H,1-2H3,(H2,18,19). The van der Waals surface area contributed by atoms with Crippen molar-refractivity contribution in [1.82, 2.24) is 0 Å². The summed E-state index contributed by atoms with van der Waals surface area (Å²) in [6.45, 7) is 3.96. The Bertz CT molecular complexity index is 694. The molecule has 4 nitrogen and oxygen atoms in total. The van der Waals surface area contributed by atoms with Gasteiger partial charge in [0.25, 0.3) is 0 Å². The van der Waals surface area contributed by atoms with E-state index >= 15 is 0 Å². The van der Waals surface area contributed by atoms with Gasteiger partial charge >= 0.3 is 0 Å². The molecule has 6 heteroatoms. The fourth-order valence-electron chi connectivity index (χ4n) is 1.94. The molecule has 0 heterocycles. The highest BCUT2D eigenvalue weighted by atomic mass is 79.9. The molecule has 0 fully saturated rings. The van der Waals surface area contributed by atoms with Crippen molar-refractivity contribution in [2.75, 3.05) is 0 Å². The summed E-state index contributed by atoms with van der Waals surface area (Å²) in [7, 11) is 0. The summed E-state index contributed by atoms with van der Waals surface area (Å²) in [5.74, 6) is 1.05. The van der Waals surface area contributed by atoms with Crippen molar-refractivity contribution < 1.29 is 9.94 Å². The summed E-state index contributed by atoms with van der Waals surface area (Å²) in [5, 5.41) is 12.3. The second-order valence-electron chi connectivity index (χ2n) is 4.60. The molecule has 0 aliphatic carbocycles. The van der Waals surface area contributed by atoms with Gasteiger partial charge in [0.1, 0.15) is 11.5 Å².